The molecule has 0 fully saturated rings. The summed E-state index contributed by atoms with van der Waals surface area (Å²) in [4.78, 5) is 0. The molecular formula is C18H22BrClFNO2. The van der Waals surface area contributed by atoms with Gasteiger partial charge in [-0.15, -0.1) is 12.4 Å². The molecule has 0 bridgehead atoms. The smallest absolute Gasteiger partial charge is 0.175 e. The Balaban J connectivity index is 0.00000288. The summed E-state index contributed by atoms with van der Waals surface area (Å²) in [5.74, 6) is 1.25. The third-order valence-corrected chi connectivity index (χ3v) is 4.00. The minimum Gasteiger partial charge on any atom is -0.493 e. The monoisotopic (exact) mass is 417 g/mol. The number of rotatable bonds is 8. The Labute approximate surface area is 157 Å². The largest absolute Gasteiger partial charge is 0.493 e. The zero-order valence-corrected chi connectivity index (χ0v) is 16.2. The van der Waals surface area contributed by atoms with E-state index in [4.69, 9.17) is 9.47 Å². The van der Waals surface area contributed by atoms with E-state index in [2.05, 4.69) is 21.2 Å². The molecule has 2 aromatic rings. The van der Waals surface area contributed by atoms with Gasteiger partial charge in [-0.25, -0.2) is 4.39 Å². The van der Waals surface area contributed by atoms with Gasteiger partial charge in [0.2, 0.25) is 0 Å². The molecule has 132 valence electrons. The van der Waals surface area contributed by atoms with Crippen molar-refractivity contribution in [2.24, 2.45) is 0 Å². The van der Waals surface area contributed by atoms with Crippen LogP contribution in [0.4, 0.5) is 4.39 Å². The highest BCUT2D eigenvalue weighted by Crippen LogP contribution is 2.36. The molecule has 0 aliphatic heterocycles. The maximum absolute atomic E-state index is 12.9. The van der Waals surface area contributed by atoms with Gasteiger partial charge in [0.05, 0.1) is 18.2 Å². The molecule has 1 N–H and O–H groups in total. The van der Waals surface area contributed by atoms with Crippen molar-refractivity contribution in [3.63, 3.8) is 0 Å². The fraction of sp³-hybridized carbons (Fsp3) is 0.333. The molecule has 24 heavy (non-hydrogen) atoms. The molecule has 6 heteroatoms. The van der Waals surface area contributed by atoms with Gasteiger partial charge < -0.3 is 14.8 Å². The van der Waals surface area contributed by atoms with Crippen molar-refractivity contribution in [2.45, 2.75) is 19.9 Å². The first-order chi connectivity index (χ1) is 11.1. The van der Waals surface area contributed by atoms with E-state index in [1.807, 2.05) is 31.2 Å². The van der Waals surface area contributed by atoms with Crippen LogP contribution in [0.2, 0.25) is 0 Å². The molecule has 0 aliphatic carbocycles. The van der Waals surface area contributed by atoms with E-state index < -0.39 is 0 Å². The summed E-state index contributed by atoms with van der Waals surface area (Å²) in [6.07, 6.45) is 0.857. The lowest BCUT2D eigenvalue weighted by Gasteiger charge is -2.14. The molecule has 0 spiro atoms. The van der Waals surface area contributed by atoms with Crippen LogP contribution in [-0.4, -0.2) is 20.3 Å². The molecule has 0 heterocycles. The van der Waals surface area contributed by atoms with E-state index in [0.29, 0.717) is 6.61 Å². The van der Waals surface area contributed by atoms with Crippen LogP contribution in [0.3, 0.4) is 0 Å². The molecule has 0 radical (unpaired) electrons. The van der Waals surface area contributed by atoms with E-state index in [-0.39, 0.29) is 18.2 Å². The van der Waals surface area contributed by atoms with Crippen molar-refractivity contribution in [1.82, 2.24) is 5.32 Å². The third-order valence-electron chi connectivity index (χ3n) is 3.41. The van der Waals surface area contributed by atoms with E-state index >= 15 is 0 Å². The van der Waals surface area contributed by atoms with Crippen LogP contribution in [-0.2, 0) is 13.0 Å². The number of nitrogens with one attached hydrogen (secondary N) is 1. The lowest BCUT2D eigenvalue weighted by atomic mass is 10.1. The fourth-order valence-corrected chi connectivity index (χ4v) is 2.88. The van der Waals surface area contributed by atoms with E-state index in [9.17, 15) is 4.39 Å². The van der Waals surface area contributed by atoms with Gasteiger partial charge in [0, 0.05) is 6.54 Å². The summed E-state index contributed by atoms with van der Waals surface area (Å²) in [5.41, 5.74) is 2.22. The summed E-state index contributed by atoms with van der Waals surface area (Å²) in [6, 6.07) is 10.6. The Morgan fingerprint density at radius 3 is 2.46 bits per heavy atom. The Hall–Kier alpha value is -1.30. The Morgan fingerprint density at radius 2 is 1.83 bits per heavy atom. The predicted octanol–water partition coefficient (Wildman–Crippen LogP) is 4.75. The topological polar surface area (TPSA) is 30.5 Å². The number of halogens is 3. The van der Waals surface area contributed by atoms with Crippen LogP contribution >= 0.6 is 28.3 Å². The quantitative estimate of drug-likeness (QED) is 0.628. The average Bonchev–Trinajstić information content (AvgIpc) is 2.55. The molecule has 0 atom stereocenters. The van der Waals surface area contributed by atoms with Crippen LogP contribution < -0.4 is 14.8 Å². The first-order valence-corrected chi connectivity index (χ1v) is 8.37. The number of ether oxygens (including phenoxy) is 2. The number of hydrogen-bond donors (Lipinski definition) is 1. The summed E-state index contributed by atoms with van der Waals surface area (Å²) in [5, 5.41) is 3.38. The molecule has 0 aliphatic rings. The van der Waals surface area contributed by atoms with Crippen LogP contribution in [0.15, 0.2) is 40.9 Å². The summed E-state index contributed by atoms with van der Waals surface area (Å²) in [7, 11) is 1.63. The molecule has 0 unspecified atom stereocenters. The van der Waals surface area contributed by atoms with E-state index in [0.717, 1.165) is 46.6 Å². The van der Waals surface area contributed by atoms with Gasteiger partial charge in [-0.05, 0) is 71.2 Å². The van der Waals surface area contributed by atoms with Gasteiger partial charge in [0.15, 0.2) is 11.5 Å². The zero-order valence-electron chi connectivity index (χ0n) is 13.8. The first kappa shape index (κ1) is 20.7. The zero-order chi connectivity index (χ0) is 16.7. The van der Waals surface area contributed by atoms with Crippen LogP contribution in [0.5, 0.6) is 11.5 Å². The van der Waals surface area contributed by atoms with Gasteiger partial charge in [0.25, 0.3) is 0 Å². The second kappa shape index (κ2) is 10.5. The lowest BCUT2D eigenvalue weighted by Crippen LogP contribution is -2.16. The van der Waals surface area contributed by atoms with Crippen molar-refractivity contribution < 1.29 is 13.9 Å². The van der Waals surface area contributed by atoms with Gasteiger partial charge in [-0.1, -0.05) is 12.1 Å². The predicted molar refractivity (Wildman–Crippen MR) is 101 cm³/mol. The molecule has 0 amide bonds. The molecule has 0 saturated carbocycles. The van der Waals surface area contributed by atoms with Crippen molar-refractivity contribution >= 4 is 28.3 Å². The highest BCUT2D eigenvalue weighted by atomic mass is 79.9. The Morgan fingerprint density at radius 1 is 1.12 bits per heavy atom. The first-order valence-electron chi connectivity index (χ1n) is 7.58. The molecule has 0 aromatic heterocycles. The summed E-state index contributed by atoms with van der Waals surface area (Å²) >= 11 is 3.52. The average molecular weight is 419 g/mol. The van der Waals surface area contributed by atoms with E-state index in [1.165, 1.54) is 12.1 Å². The van der Waals surface area contributed by atoms with Crippen LogP contribution in [0, 0.1) is 5.82 Å². The minimum atomic E-state index is -0.201. The van der Waals surface area contributed by atoms with Crippen LogP contribution in [0.1, 0.15) is 18.1 Å². The standard InChI is InChI=1S/C18H21BrFNO2.ClH/c1-3-23-18-16(19)10-14(11-17(18)22-2)12-21-9-8-13-4-6-15(20)7-5-13;/h4-7,10-11,21H,3,8-9,12H2,1-2H3;1H. The summed E-state index contributed by atoms with van der Waals surface area (Å²) in [6.45, 7) is 4.07. The van der Waals surface area contributed by atoms with Gasteiger partial charge >= 0.3 is 0 Å². The molecule has 0 saturated heterocycles. The molecule has 2 rings (SSSR count). The Kier molecular flexibility index (Phi) is 9.11. The van der Waals surface area contributed by atoms with Gasteiger partial charge in [0.1, 0.15) is 5.82 Å². The van der Waals surface area contributed by atoms with Crippen molar-refractivity contribution in [1.29, 1.82) is 0 Å². The maximum atomic E-state index is 12.9. The van der Waals surface area contributed by atoms with Gasteiger partial charge in [-0.2, -0.15) is 0 Å². The van der Waals surface area contributed by atoms with Gasteiger partial charge in [-0.3, -0.25) is 0 Å². The SMILES string of the molecule is CCOc1c(Br)cc(CNCCc2ccc(F)cc2)cc1OC.Cl. The van der Waals surface area contributed by atoms with Crippen molar-refractivity contribution in [3.05, 3.63) is 57.8 Å². The maximum Gasteiger partial charge on any atom is 0.175 e. The molecule has 2 aromatic carbocycles. The second-order valence-electron chi connectivity index (χ2n) is 5.10. The van der Waals surface area contributed by atoms with Crippen molar-refractivity contribution in [3.8, 4) is 11.5 Å². The lowest BCUT2D eigenvalue weighted by molar-refractivity contribution is 0.308. The highest BCUT2D eigenvalue weighted by molar-refractivity contribution is 9.10. The van der Waals surface area contributed by atoms with Crippen LogP contribution in [0.25, 0.3) is 0 Å². The molecule has 3 nitrogen and oxygen atoms in total. The normalized spacial score (nSPS) is 10.2. The fourth-order valence-electron chi connectivity index (χ4n) is 2.28. The third kappa shape index (κ3) is 5.96. The Bertz CT molecular complexity index is 638. The number of benzene rings is 2. The van der Waals surface area contributed by atoms with Crippen molar-refractivity contribution in [2.75, 3.05) is 20.3 Å². The second-order valence-corrected chi connectivity index (χ2v) is 5.95. The number of hydrogen-bond acceptors (Lipinski definition) is 3. The summed E-state index contributed by atoms with van der Waals surface area (Å²) < 4.78 is 24.7. The van der Waals surface area contributed by atoms with E-state index in [1.54, 1.807) is 7.11 Å². The minimum absolute atomic E-state index is 0. The highest BCUT2D eigenvalue weighted by Gasteiger charge is 2.11. The molecular weight excluding hydrogens is 397 g/mol. The number of methoxy groups -OCH3 is 1.